The molecule has 0 bridgehead atoms. The number of hydrogen-bond donors (Lipinski definition) is 2. The molecule has 2 N–H and O–H groups in total. The molecule has 2 aromatic rings. The molecule has 0 saturated carbocycles. The largest absolute Gasteiger partial charge is 0.497 e. The van der Waals surface area contributed by atoms with E-state index < -0.39 is 0 Å². The smallest absolute Gasteiger partial charge is 0.278 e. The Labute approximate surface area is 167 Å². The number of carbonyl (C=O) groups is 1. The number of piperazine rings is 1. The van der Waals surface area contributed by atoms with Gasteiger partial charge < -0.3 is 24.6 Å². The SMILES string of the molecule is COc1ccc(CNC(=O)[C@H](C)[NH+]2CCN(c3ccc(OC)cc3)CC2)cc1. The third-order valence-corrected chi connectivity index (χ3v) is 5.47. The van der Waals surface area contributed by atoms with Crippen LogP contribution >= 0.6 is 0 Å². The second-order valence-corrected chi connectivity index (χ2v) is 7.13. The van der Waals surface area contributed by atoms with Crippen molar-refractivity contribution in [2.24, 2.45) is 0 Å². The number of quaternary nitrogens is 1. The Morgan fingerprint density at radius 2 is 1.54 bits per heavy atom. The van der Waals surface area contributed by atoms with Crippen molar-refractivity contribution in [3.8, 4) is 11.5 Å². The number of hydrogen-bond acceptors (Lipinski definition) is 4. The molecule has 1 heterocycles. The topological polar surface area (TPSA) is 55.2 Å². The number of nitrogens with zero attached hydrogens (tertiary/aromatic N) is 1. The van der Waals surface area contributed by atoms with Gasteiger partial charge in [-0.25, -0.2) is 0 Å². The lowest BCUT2D eigenvalue weighted by atomic mass is 10.1. The summed E-state index contributed by atoms with van der Waals surface area (Å²) in [6.07, 6.45) is 0. The number of anilines is 1. The van der Waals surface area contributed by atoms with E-state index in [9.17, 15) is 4.79 Å². The summed E-state index contributed by atoms with van der Waals surface area (Å²) in [5, 5.41) is 3.06. The average molecular weight is 385 g/mol. The lowest BCUT2D eigenvalue weighted by molar-refractivity contribution is -0.914. The number of benzene rings is 2. The third kappa shape index (κ3) is 4.95. The highest BCUT2D eigenvalue weighted by Gasteiger charge is 2.29. The van der Waals surface area contributed by atoms with E-state index in [-0.39, 0.29) is 11.9 Å². The molecule has 0 aromatic heterocycles. The van der Waals surface area contributed by atoms with E-state index in [0.717, 1.165) is 43.2 Å². The van der Waals surface area contributed by atoms with Gasteiger partial charge in [0.15, 0.2) is 6.04 Å². The van der Waals surface area contributed by atoms with Crippen LogP contribution in [0.3, 0.4) is 0 Å². The van der Waals surface area contributed by atoms with E-state index in [0.29, 0.717) is 6.54 Å². The van der Waals surface area contributed by atoms with Crippen molar-refractivity contribution >= 4 is 11.6 Å². The maximum Gasteiger partial charge on any atom is 0.278 e. The van der Waals surface area contributed by atoms with Crippen LogP contribution in [0.5, 0.6) is 11.5 Å². The predicted molar refractivity (Wildman–Crippen MR) is 110 cm³/mol. The van der Waals surface area contributed by atoms with Crippen LogP contribution in [0, 0.1) is 0 Å². The zero-order valence-corrected chi connectivity index (χ0v) is 16.9. The van der Waals surface area contributed by atoms with Gasteiger partial charge >= 0.3 is 0 Å². The monoisotopic (exact) mass is 384 g/mol. The Morgan fingerprint density at radius 1 is 1.00 bits per heavy atom. The van der Waals surface area contributed by atoms with Crippen LogP contribution in [0.4, 0.5) is 5.69 Å². The van der Waals surface area contributed by atoms with Crippen molar-refractivity contribution in [1.82, 2.24) is 5.32 Å². The highest BCUT2D eigenvalue weighted by atomic mass is 16.5. The Morgan fingerprint density at radius 3 is 2.07 bits per heavy atom. The molecule has 28 heavy (non-hydrogen) atoms. The molecule has 0 radical (unpaired) electrons. The molecule has 0 spiro atoms. The number of amides is 1. The second kappa shape index (κ2) is 9.46. The van der Waals surface area contributed by atoms with Crippen molar-refractivity contribution in [1.29, 1.82) is 0 Å². The van der Waals surface area contributed by atoms with E-state index in [2.05, 4.69) is 22.3 Å². The van der Waals surface area contributed by atoms with Gasteiger partial charge in [-0.3, -0.25) is 4.79 Å². The molecule has 1 atom stereocenters. The van der Waals surface area contributed by atoms with E-state index in [1.54, 1.807) is 14.2 Å². The molecule has 1 amide bonds. The normalized spacial score (nSPS) is 15.8. The highest BCUT2D eigenvalue weighted by molar-refractivity contribution is 5.79. The average Bonchev–Trinajstić information content (AvgIpc) is 2.77. The molecule has 6 heteroatoms. The summed E-state index contributed by atoms with van der Waals surface area (Å²) in [5.41, 5.74) is 2.28. The zero-order chi connectivity index (χ0) is 19.9. The molecule has 6 nitrogen and oxygen atoms in total. The first kappa shape index (κ1) is 20.0. The molecule has 1 aliphatic heterocycles. The van der Waals surface area contributed by atoms with Gasteiger partial charge in [0.1, 0.15) is 11.5 Å². The van der Waals surface area contributed by atoms with Crippen LogP contribution in [0.15, 0.2) is 48.5 Å². The van der Waals surface area contributed by atoms with E-state index in [1.165, 1.54) is 10.6 Å². The van der Waals surface area contributed by atoms with Gasteiger partial charge in [0.2, 0.25) is 0 Å². The number of carbonyl (C=O) groups excluding carboxylic acids is 1. The minimum Gasteiger partial charge on any atom is -0.497 e. The van der Waals surface area contributed by atoms with Crippen LogP contribution in [0.25, 0.3) is 0 Å². The van der Waals surface area contributed by atoms with Crippen LogP contribution < -0.4 is 24.6 Å². The van der Waals surface area contributed by atoms with Crippen molar-refractivity contribution in [3.63, 3.8) is 0 Å². The van der Waals surface area contributed by atoms with Gasteiger partial charge in [-0.15, -0.1) is 0 Å². The summed E-state index contributed by atoms with van der Waals surface area (Å²) in [7, 11) is 3.33. The summed E-state index contributed by atoms with van der Waals surface area (Å²) < 4.78 is 10.4. The Kier molecular flexibility index (Phi) is 6.76. The molecule has 150 valence electrons. The molecule has 0 aliphatic carbocycles. The molecule has 1 aliphatic rings. The summed E-state index contributed by atoms with van der Waals surface area (Å²) in [4.78, 5) is 16.3. The van der Waals surface area contributed by atoms with Crippen LogP contribution in [-0.2, 0) is 11.3 Å². The van der Waals surface area contributed by atoms with Gasteiger partial charge in [0, 0.05) is 12.2 Å². The Bertz CT molecular complexity index is 754. The minimum absolute atomic E-state index is 0.0590. The Balaban J connectivity index is 1.46. The first-order chi connectivity index (χ1) is 13.6. The number of methoxy groups -OCH3 is 2. The summed E-state index contributed by atoms with van der Waals surface area (Å²) >= 11 is 0. The van der Waals surface area contributed by atoms with Gasteiger partial charge in [-0.1, -0.05) is 12.1 Å². The van der Waals surface area contributed by atoms with Gasteiger partial charge in [-0.05, 0) is 48.9 Å². The van der Waals surface area contributed by atoms with Crippen LogP contribution in [-0.4, -0.2) is 52.3 Å². The fourth-order valence-corrected chi connectivity index (χ4v) is 3.55. The maximum absolute atomic E-state index is 12.6. The number of nitrogens with one attached hydrogen (secondary N) is 2. The van der Waals surface area contributed by atoms with E-state index in [1.807, 2.05) is 43.3 Å². The van der Waals surface area contributed by atoms with Gasteiger partial charge in [0.25, 0.3) is 5.91 Å². The highest BCUT2D eigenvalue weighted by Crippen LogP contribution is 2.19. The van der Waals surface area contributed by atoms with E-state index in [4.69, 9.17) is 9.47 Å². The molecule has 3 rings (SSSR count). The fraction of sp³-hybridized carbons (Fsp3) is 0.409. The van der Waals surface area contributed by atoms with Gasteiger partial charge in [-0.2, -0.15) is 0 Å². The van der Waals surface area contributed by atoms with Crippen molar-refractivity contribution in [3.05, 3.63) is 54.1 Å². The lowest BCUT2D eigenvalue weighted by Crippen LogP contribution is -3.19. The second-order valence-electron chi connectivity index (χ2n) is 7.13. The summed E-state index contributed by atoms with van der Waals surface area (Å²) in [6, 6.07) is 15.9. The minimum atomic E-state index is -0.0590. The predicted octanol–water partition coefficient (Wildman–Crippen LogP) is 1.11. The quantitative estimate of drug-likeness (QED) is 0.751. The standard InChI is InChI=1S/C22H29N3O3/c1-17(22(26)23-16-18-4-8-20(27-2)9-5-18)24-12-14-25(15-13-24)19-6-10-21(28-3)11-7-19/h4-11,17H,12-16H2,1-3H3,(H,23,26)/p+1/t17-/m0/s1. The molecular weight excluding hydrogens is 354 g/mol. The molecular formula is C22H30N3O3+. The van der Waals surface area contributed by atoms with Gasteiger partial charge in [0.05, 0.1) is 40.4 Å². The first-order valence-corrected chi connectivity index (χ1v) is 9.75. The van der Waals surface area contributed by atoms with Crippen LogP contribution in [0.1, 0.15) is 12.5 Å². The van der Waals surface area contributed by atoms with Crippen molar-refractivity contribution in [2.75, 3.05) is 45.3 Å². The van der Waals surface area contributed by atoms with E-state index >= 15 is 0 Å². The zero-order valence-electron chi connectivity index (χ0n) is 16.9. The third-order valence-electron chi connectivity index (χ3n) is 5.47. The summed E-state index contributed by atoms with van der Waals surface area (Å²) in [5.74, 6) is 1.79. The Hall–Kier alpha value is -2.73. The lowest BCUT2D eigenvalue weighted by Gasteiger charge is -2.36. The number of ether oxygens (including phenoxy) is 2. The summed E-state index contributed by atoms with van der Waals surface area (Å²) in [6.45, 7) is 6.34. The van der Waals surface area contributed by atoms with Crippen molar-refractivity contribution in [2.45, 2.75) is 19.5 Å². The fourth-order valence-electron chi connectivity index (χ4n) is 3.55. The molecule has 1 saturated heterocycles. The molecule has 0 unspecified atom stereocenters. The maximum atomic E-state index is 12.6. The van der Waals surface area contributed by atoms with Crippen LogP contribution in [0.2, 0.25) is 0 Å². The number of rotatable bonds is 7. The first-order valence-electron chi connectivity index (χ1n) is 9.75. The molecule has 1 fully saturated rings. The molecule has 2 aromatic carbocycles. The van der Waals surface area contributed by atoms with Crippen molar-refractivity contribution < 1.29 is 19.2 Å².